The van der Waals surface area contributed by atoms with Crippen LogP contribution in [0.1, 0.15) is 41.6 Å². The third-order valence-electron chi connectivity index (χ3n) is 7.36. The zero-order valence-electron chi connectivity index (χ0n) is 22.4. The van der Waals surface area contributed by atoms with Crippen LogP contribution in [0.3, 0.4) is 0 Å². The first kappa shape index (κ1) is 25.9. The van der Waals surface area contributed by atoms with E-state index in [1.807, 2.05) is 48.2 Å². The SMILES string of the molecule is CCOc1ccc([C@@H]2CC(c3ccc(C)cc3C)=NN2C(=O)CN2CCN(c3ccccc3F)CC2)cc1. The number of carbonyl (C=O) groups excluding carboxylic acids is 1. The number of rotatable bonds is 7. The lowest BCUT2D eigenvalue weighted by molar-refractivity contribution is -0.134. The molecule has 3 aromatic rings. The molecule has 0 spiro atoms. The van der Waals surface area contributed by atoms with Crippen LogP contribution in [0.15, 0.2) is 71.8 Å². The van der Waals surface area contributed by atoms with Crippen molar-refractivity contribution < 1.29 is 13.9 Å². The van der Waals surface area contributed by atoms with E-state index in [0.29, 0.717) is 44.9 Å². The molecule has 5 rings (SSSR count). The smallest absolute Gasteiger partial charge is 0.257 e. The highest BCUT2D eigenvalue weighted by Gasteiger charge is 2.34. The van der Waals surface area contributed by atoms with Crippen molar-refractivity contribution in [3.63, 3.8) is 0 Å². The van der Waals surface area contributed by atoms with Gasteiger partial charge in [0.15, 0.2) is 0 Å². The molecule has 38 heavy (non-hydrogen) atoms. The van der Waals surface area contributed by atoms with Gasteiger partial charge in [-0.2, -0.15) is 5.10 Å². The first-order valence-corrected chi connectivity index (χ1v) is 13.3. The molecule has 2 aliphatic heterocycles. The highest BCUT2D eigenvalue weighted by Crippen LogP contribution is 2.34. The Balaban J connectivity index is 1.33. The number of aryl methyl sites for hydroxylation is 2. The van der Waals surface area contributed by atoms with E-state index in [1.165, 1.54) is 11.6 Å². The van der Waals surface area contributed by atoms with Gasteiger partial charge in [0.05, 0.1) is 30.6 Å². The van der Waals surface area contributed by atoms with Crippen molar-refractivity contribution in [2.45, 2.75) is 33.2 Å². The molecule has 0 N–H and O–H groups in total. The molecule has 2 aliphatic rings. The van der Waals surface area contributed by atoms with E-state index in [9.17, 15) is 9.18 Å². The highest BCUT2D eigenvalue weighted by atomic mass is 19.1. The van der Waals surface area contributed by atoms with Crippen LogP contribution in [0.2, 0.25) is 0 Å². The van der Waals surface area contributed by atoms with Gasteiger partial charge in [-0.15, -0.1) is 0 Å². The summed E-state index contributed by atoms with van der Waals surface area (Å²) >= 11 is 0. The second kappa shape index (κ2) is 11.4. The van der Waals surface area contributed by atoms with Crippen LogP contribution in [-0.4, -0.2) is 60.9 Å². The van der Waals surface area contributed by atoms with Gasteiger partial charge in [-0.25, -0.2) is 9.40 Å². The van der Waals surface area contributed by atoms with Gasteiger partial charge in [0.2, 0.25) is 0 Å². The summed E-state index contributed by atoms with van der Waals surface area (Å²) in [6, 6.07) is 21.0. The van der Waals surface area contributed by atoms with Gasteiger partial charge in [0.25, 0.3) is 5.91 Å². The molecule has 1 amide bonds. The van der Waals surface area contributed by atoms with E-state index >= 15 is 0 Å². The zero-order valence-corrected chi connectivity index (χ0v) is 22.4. The Bertz CT molecular complexity index is 1320. The van der Waals surface area contributed by atoms with Crippen LogP contribution in [0.5, 0.6) is 5.75 Å². The molecule has 0 saturated carbocycles. The maximum Gasteiger partial charge on any atom is 0.257 e. The minimum absolute atomic E-state index is 0.0250. The lowest BCUT2D eigenvalue weighted by Crippen LogP contribution is -2.49. The summed E-state index contributed by atoms with van der Waals surface area (Å²) in [6.07, 6.45) is 0.657. The summed E-state index contributed by atoms with van der Waals surface area (Å²) in [6.45, 7) is 9.76. The molecular formula is C31H35FN4O2. The molecule has 1 atom stereocenters. The van der Waals surface area contributed by atoms with Gasteiger partial charge < -0.3 is 9.64 Å². The summed E-state index contributed by atoms with van der Waals surface area (Å²) in [4.78, 5) is 17.9. The molecular weight excluding hydrogens is 479 g/mol. The van der Waals surface area contributed by atoms with E-state index in [0.717, 1.165) is 28.2 Å². The number of piperazine rings is 1. The van der Waals surface area contributed by atoms with Crippen molar-refractivity contribution >= 4 is 17.3 Å². The fourth-order valence-electron chi connectivity index (χ4n) is 5.37. The number of halogens is 1. The maximum atomic E-state index is 14.2. The number of ether oxygens (including phenoxy) is 1. The molecule has 198 valence electrons. The third-order valence-corrected chi connectivity index (χ3v) is 7.36. The first-order valence-electron chi connectivity index (χ1n) is 13.3. The zero-order chi connectivity index (χ0) is 26.6. The Kier molecular flexibility index (Phi) is 7.74. The predicted octanol–water partition coefficient (Wildman–Crippen LogP) is 5.34. The van der Waals surface area contributed by atoms with E-state index < -0.39 is 0 Å². The van der Waals surface area contributed by atoms with Gasteiger partial charge in [0.1, 0.15) is 11.6 Å². The monoisotopic (exact) mass is 514 g/mol. The molecule has 1 saturated heterocycles. The van der Waals surface area contributed by atoms with Gasteiger partial charge >= 0.3 is 0 Å². The second-order valence-electron chi connectivity index (χ2n) is 10.0. The molecule has 2 heterocycles. The predicted molar refractivity (Wildman–Crippen MR) is 149 cm³/mol. The fraction of sp³-hybridized carbons (Fsp3) is 0.355. The summed E-state index contributed by atoms with van der Waals surface area (Å²) in [7, 11) is 0. The van der Waals surface area contributed by atoms with Crippen molar-refractivity contribution in [2.24, 2.45) is 5.10 Å². The molecule has 7 heteroatoms. The standard InChI is InChI=1S/C31H35FN4O2/c1-4-38-25-12-10-24(11-13-25)30-20-28(26-14-9-22(2)19-23(26)3)33-36(30)31(37)21-34-15-17-35(18-16-34)29-8-6-5-7-27(29)32/h5-14,19,30H,4,15-18,20-21H2,1-3H3/t30-/m0/s1. The van der Waals surface area contributed by atoms with E-state index in [1.54, 1.807) is 11.1 Å². The van der Waals surface area contributed by atoms with Gasteiger partial charge in [-0.3, -0.25) is 9.69 Å². The number of hydrogen-bond acceptors (Lipinski definition) is 5. The normalized spacial score (nSPS) is 18.0. The van der Waals surface area contributed by atoms with Gasteiger partial charge in [-0.05, 0) is 56.2 Å². The Morgan fingerprint density at radius 1 is 1.00 bits per heavy atom. The van der Waals surface area contributed by atoms with Crippen molar-refractivity contribution in [3.05, 3.63) is 94.8 Å². The number of benzene rings is 3. The van der Waals surface area contributed by atoms with Gasteiger partial charge in [-0.1, -0.05) is 48.0 Å². The first-order chi connectivity index (χ1) is 18.4. The van der Waals surface area contributed by atoms with E-state index in [2.05, 4.69) is 36.9 Å². The Morgan fingerprint density at radius 3 is 2.42 bits per heavy atom. The largest absolute Gasteiger partial charge is 0.494 e. The average Bonchev–Trinajstić information content (AvgIpc) is 3.35. The molecule has 0 bridgehead atoms. The highest BCUT2D eigenvalue weighted by molar-refractivity contribution is 6.04. The molecule has 0 unspecified atom stereocenters. The number of hydrogen-bond donors (Lipinski definition) is 0. The van der Waals surface area contributed by atoms with Crippen LogP contribution >= 0.6 is 0 Å². The van der Waals surface area contributed by atoms with Crippen LogP contribution in [0, 0.1) is 19.7 Å². The summed E-state index contributed by atoms with van der Waals surface area (Å²) < 4.78 is 19.9. The number of anilines is 1. The summed E-state index contributed by atoms with van der Waals surface area (Å²) in [5, 5.41) is 6.56. The van der Waals surface area contributed by atoms with Crippen LogP contribution < -0.4 is 9.64 Å². The van der Waals surface area contributed by atoms with Crippen molar-refractivity contribution in [3.8, 4) is 5.75 Å². The quantitative estimate of drug-likeness (QED) is 0.427. The van der Waals surface area contributed by atoms with Crippen LogP contribution in [0.4, 0.5) is 10.1 Å². The lowest BCUT2D eigenvalue weighted by atomic mass is 9.95. The minimum Gasteiger partial charge on any atom is -0.494 e. The Labute approximate surface area is 224 Å². The minimum atomic E-state index is -0.208. The molecule has 3 aromatic carbocycles. The third kappa shape index (κ3) is 5.58. The molecule has 1 fully saturated rings. The lowest BCUT2D eigenvalue weighted by Gasteiger charge is -2.36. The number of hydrazone groups is 1. The summed E-state index contributed by atoms with van der Waals surface area (Å²) in [5.74, 6) is 0.582. The summed E-state index contributed by atoms with van der Waals surface area (Å²) in [5.41, 5.74) is 6.04. The maximum absolute atomic E-state index is 14.2. The van der Waals surface area contributed by atoms with Crippen LogP contribution in [-0.2, 0) is 4.79 Å². The van der Waals surface area contributed by atoms with E-state index in [-0.39, 0.29) is 24.3 Å². The topological polar surface area (TPSA) is 48.4 Å². The second-order valence-corrected chi connectivity index (χ2v) is 10.0. The number of para-hydroxylation sites is 1. The molecule has 0 aliphatic carbocycles. The average molecular weight is 515 g/mol. The van der Waals surface area contributed by atoms with Crippen LogP contribution in [0.25, 0.3) is 0 Å². The molecule has 0 radical (unpaired) electrons. The molecule has 6 nitrogen and oxygen atoms in total. The molecule has 0 aromatic heterocycles. The Morgan fingerprint density at radius 2 is 1.74 bits per heavy atom. The van der Waals surface area contributed by atoms with Crippen molar-refractivity contribution in [1.82, 2.24) is 9.91 Å². The van der Waals surface area contributed by atoms with Crippen molar-refractivity contribution in [2.75, 3.05) is 44.2 Å². The van der Waals surface area contributed by atoms with Crippen molar-refractivity contribution in [1.29, 1.82) is 0 Å². The Hall–Kier alpha value is -3.71. The number of carbonyl (C=O) groups is 1. The van der Waals surface area contributed by atoms with E-state index in [4.69, 9.17) is 9.84 Å². The number of amides is 1. The van der Waals surface area contributed by atoms with Gasteiger partial charge in [0, 0.05) is 38.2 Å². The number of nitrogens with zero attached hydrogens (tertiary/aromatic N) is 4. The fourth-order valence-corrected chi connectivity index (χ4v) is 5.37.